The van der Waals surface area contributed by atoms with Crippen molar-refractivity contribution >= 4 is 0 Å². The van der Waals surface area contributed by atoms with Crippen molar-refractivity contribution in [3.05, 3.63) is 70.3 Å². The maximum atomic E-state index is 14.2. The van der Waals surface area contributed by atoms with Gasteiger partial charge in [-0.25, -0.2) is 8.78 Å². The molecule has 2 atom stereocenters. The Morgan fingerprint density at radius 3 is 2.71 bits per heavy atom. The van der Waals surface area contributed by atoms with Crippen LogP contribution in [0.1, 0.15) is 47.1 Å². The summed E-state index contributed by atoms with van der Waals surface area (Å²) in [5.74, 6) is -1.56. The maximum Gasteiger partial charge on any atom is 0.134 e. The lowest BCUT2D eigenvalue weighted by Crippen LogP contribution is -2.19. The highest BCUT2D eigenvalue weighted by molar-refractivity contribution is 5.37. The Hall–Kier alpha value is -1.74. The van der Waals surface area contributed by atoms with Gasteiger partial charge in [-0.15, -0.1) is 0 Å². The van der Waals surface area contributed by atoms with E-state index in [1.54, 1.807) is 6.92 Å². The van der Waals surface area contributed by atoms with E-state index in [1.165, 1.54) is 17.7 Å². The molecule has 0 saturated carbocycles. The van der Waals surface area contributed by atoms with Gasteiger partial charge in [0.1, 0.15) is 11.6 Å². The van der Waals surface area contributed by atoms with Crippen molar-refractivity contribution in [3.63, 3.8) is 0 Å². The standard InChI is InChI=1S/C18H18F2O/c1-11-9-10-15(19)16(17(11)20)18(21)14-8-4-6-12-5-2-3-7-13(12)14/h2-3,5,7,9-10,14,18,21H,4,6,8H2,1H3. The molecule has 1 nitrogen and oxygen atoms in total. The van der Waals surface area contributed by atoms with Crippen molar-refractivity contribution in [2.45, 2.75) is 38.2 Å². The molecule has 0 aromatic heterocycles. The molecule has 2 aromatic carbocycles. The molecule has 3 heteroatoms. The summed E-state index contributed by atoms with van der Waals surface area (Å²) >= 11 is 0. The summed E-state index contributed by atoms with van der Waals surface area (Å²) in [6, 6.07) is 10.5. The average molecular weight is 288 g/mol. The molecule has 3 rings (SSSR count). The maximum absolute atomic E-state index is 14.2. The second-order valence-electron chi connectivity index (χ2n) is 5.73. The highest BCUT2D eigenvalue weighted by Crippen LogP contribution is 2.41. The quantitative estimate of drug-likeness (QED) is 0.867. The van der Waals surface area contributed by atoms with Crippen molar-refractivity contribution in [1.29, 1.82) is 0 Å². The van der Waals surface area contributed by atoms with E-state index in [4.69, 9.17) is 0 Å². The van der Waals surface area contributed by atoms with E-state index in [1.807, 2.05) is 24.3 Å². The van der Waals surface area contributed by atoms with Gasteiger partial charge in [0, 0.05) is 5.92 Å². The third-order valence-electron chi connectivity index (χ3n) is 4.41. The normalized spacial score (nSPS) is 19.1. The van der Waals surface area contributed by atoms with Gasteiger partial charge in [-0.1, -0.05) is 30.3 Å². The molecule has 2 unspecified atom stereocenters. The second kappa shape index (κ2) is 5.57. The third-order valence-corrected chi connectivity index (χ3v) is 4.41. The summed E-state index contributed by atoms with van der Waals surface area (Å²) in [5, 5.41) is 10.6. The molecule has 0 spiro atoms. The Labute approximate surface area is 123 Å². The van der Waals surface area contributed by atoms with E-state index in [9.17, 15) is 13.9 Å². The van der Waals surface area contributed by atoms with Gasteiger partial charge in [-0.3, -0.25) is 0 Å². The minimum absolute atomic E-state index is 0.197. The Morgan fingerprint density at radius 2 is 1.90 bits per heavy atom. The molecule has 0 bridgehead atoms. The van der Waals surface area contributed by atoms with Crippen LogP contribution < -0.4 is 0 Å². The lowest BCUT2D eigenvalue weighted by atomic mass is 9.77. The zero-order chi connectivity index (χ0) is 15.0. The molecule has 0 heterocycles. The molecule has 0 radical (unpaired) electrons. The van der Waals surface area contributed by atoms with Crippen LogP contribution in [0.5, 0.6) is 0 Å². The third kappa shape index (κ3) is 2.46. The van der Waals surface area contributed by atoms with Gasteiger partial charge in [0.15, 0.2) is 0 Å². The molecule has 1 aliphatic carbocycles. The number of hydrogen-bond donors (Lipinski definition) is 1. The molecule has 2 aromatic rings. The molecule has 0 saturated heterocycles. The van der Waals surface area contributed by atoms with E-state index in [0.29, 0.717) is 5.56 Å². The lowest BCUT2D eigenvalue weighted by molar-refractivity contribution is 0.127. The minimum Gasteiger partial charge on any atom is -0.388 e. The van der Waals surface area contributed by atoms with Crippen molar-refractivity contribution in [1.82, 2.24) is 0 Å². The van der Waals surface area contributed by atoms with Crippen LogP contribution in [0.2, 0.25) is 0 Å². The molecule has 21 heavy (non-hydrogen) atoms. The number of hydrogen-bond acceptors (Lipinski definition) is 1. The van der Waals surface area contributed by atoms with Crippen LogP contribution in [-0.4, -0.2) is 5.11 Å². The van der Waals surface area contributed by atoms with Crippen molar-refractivity contribution in [3.8, 4) is 0 Å². The zero-order valence-electron chi connectivity index (χ0n) is 11.9. The van der Waals surface area contributed by atoms with Crippen LogP contribution in [-0.2, 0) is 6.42 Å². The zero-order valence-corrected chi connectivity index (χ0v) is 11.9. The highest BCUT2D eigenvalue weighted by Gasteiger charge is 2.31. The summed E-state index contributed by atoms with van der Waals surface area (Å²) in [7, 11) is 0. The molecule has 1 N–H and O–H groups in total. The van der Waals surface area contributed by atoms with E-state index >= 15 is 0 Å². The summed E-state index contributed by atoms with van der Waals surface area (Å²) in [6.45, 7) is 1.58. The van der Waals surface area contributed by atoms with Crippen LogP contribution in [0.3, 0.4) is 0 Å². The number of halogens is 2. The summed E-state index contributed by atoms with van der Waals surface area (Å²) < 4.78 is 28.3. The number of aryl methyl sites for hydroxylation is 2. The van der Waals surface area contributed by atoms with Crippen molar-refractivity contribution in [2.75, 3.05) is 0 Å². The first-order valence-electron chi connectivity index (χ1n) is 7.30. The van der Waals surface area contributed by atoms with Crippen molar-refractivity contribution in [2.24, 2.45) is 0 Å². The smallest absolute Gasteiger partial charge is 0.134 e. The number of benzene rings is 2. The Balaban J connectivity index is 2.05. The fraction of sp³-hybridized carbons (Fsp3) is 0.333. The van der Waals surface area contributed by atoms with Gasteiger partial charge in [0.05, 0.1) is 11.7 Å². The highest BCUT2D eigenvalue weighted by atomic mass is 19.1. The minimum atomic E-state index is -1.15. The molecule has 0 aliphatic heterocycles. The first kappa shape index (κ1) is 14.2. The van der Waals surface area contributed by atoms with E-state index in [2.05, 4.69) is 0 Å². The second-order valence-corrected chi connectivity index (χ2v) is 5.73. The van der Waals surface area contributed by atoms with Gasteiger partial charge in [0.25, 0.3) is 0 Å². The van der Waals surface area contributed by atoms with Crippen LogP contribution in [0.25, 0.3) is 0 Å². The molecular formula is C18H18F2O. The number of fused-ring (bicyclic) bond motifs is 1. The van der Waals surface area contributed by atoms with Gasteiger partial charge in [-0.2, -0.15) is 0 Å². The van der Waals surface area contributed by atoms with Gasteiger partial charge in [0.2, 0.25) is 0 Å². The van der Waals surface area contributed by atoms with Crippen LogP contribution in [0.15, 0.2) is 36.4 Å². The first-order valence-corrected chi connectivity index (χ1v) is 7.30. The van der Waals surface area contributed by atoms with Gasteiger partial charge >= 0.3 is 0 Å². The predicted octanol–water partition coefficient (Wildman–Crippen LogP) is 4.43. The topological polar surface area (TPSA) is 20.2 Å². The summed E-state index contributed by atoms with van der Waals surface area (Å²) in [6.07, 6.45) is 1.48. The van der Waals surface area contributed by atoms with Gasteiger partial charge < -0.3 is 5.11 Å². The van der Waals surface area contributed by atoms with E-state index in [-0.39, 0.29) is 11.5 Å². The SMILES string of the molecule is Cc1ccc(F)c(C(O)C2CCCc3ccccc32)c1F. The van der Waals surface area contributed by atoms with Crippen LogP contribution >= 0.6 is 0 Å². The van der Waals surface area contributed by atoms with E-state index < -0.39 is 17.7 Å². The summed E-state index contributed by atoms with van der Waals surface area (Å²) in [4.78, 5) is 0. The van der Waals surface area contributed by atoms with Crippen LogP contribution in [0.4, 0.5) is 8.78 Å². The number of aliphatic hydroxyl groups excluding tert-OH is 1. The summed E-state index contributed by atoms with van der Waals surface area (Å²) in [5.41, 5.74) is 2.34. The average Bonchev–Trinajstić information content (AvgIpc) is 2.50. The number of aliphatic hydroxyl groups is 1. The molecular weight excluding hydrogens is 270 g/mol. The fourth-order valence-electron chi connectivity index (χ4n) is 3.27. The molecule has 0 fully saturated rings. The Kier molecular flexibility index (Phi) is 3.77. The van der Waals surface area contributed by atoms with E-state index in [0.717, 1.165) is 24.8 Å². The lowest BCUT2D eigenvalue weighted by Gasteiger charge is -2.30. The Bertz CT molecular complexity index is 666. The molecule has 1 aliphatic rings. The largest absolute Gasteiger partial charge is 0.388 e. The Morgan fingerprint density at radius 1 is 1.14 bits per heavy atom. The predicted molar refractivity (Wildman–Crippen MR) is 78.2 cm³/mol. The van der Waals surface area contributed by atoms with Gasteiger partial charge in [-0.05, 0) is 48.9 Å². The molecule has 110 valence electrons. The van der Waals surface area contributed by atoms with Crippen molar-refractivity contribution < 1.29 is 13.9 Å². The van der Waals surface area contributed by atoms with Crippen LogP contribution in [0, 0.1) is 18.6 Å². The molecule has 0 amide bonds. The monoisotopic (exact) mass is 288 g/mol. The first-order chi connectivity index (χ1) is 10.1. The fourth-order valence-corrected chi connectivity index (χ4v) is 3.27. The number of rotatable bonds is 2.